The fourth-order valence-corrected chi connectivity index (χ4v) is 5.28. The summed E-state index contributed by atoms with van der Waals surface area (Å²) in [5, 5.41) is 23.8. The summed E-state index contributed by atoms with van der Waals surface area (Å²) in [6.45, 7) is 12.9. The summed E-state index contributed by atoms with van der Waals surface area (Å²) in [6.07, 6.45) is 6.95. The third-order valence-corrected chi connectivity index (χ3v) is 7.15. The number of phenols is 2. The quantitative estimate of drug-likeness (QED) is 0.199. The highest BCUT2D eigenvalue weighted by Crippen LogP contribution is 2.35. The van der Waals surface area contributed by atoms with Crippen molar-refractivity contribution in [1.82, 2.24) is 0 Å². The fourth-order valence-electron chi connectivity index (χ4n) is 5.28. The molecule has 4 aromatic carbocycles. The molecule has 0 spiro atoms. The molecule has 0 aliphatic heterocycles. The van der Waals surface area contributed by atoms with E-state index in [1.807, 2.05) is 36.4 Å². The molecule has 4 heteroatoms. The third-order valence-electron chi connectivity index (χ3n) is 7.15. The number of rotatable bonds is 10. The van der Waals surface area contributed by atoms with Gasteiger partial charge in [0.1, 0.15) is 11.5 Å². The Morgan fingerprint density at radius 1 is 0.650 bits per heavy atom. The van der Waals surface area contributed by atoms with Crippen molar-refractivity contribution in [3.8, 4) is 11.5 Å². The predicted molar refractivity (Wildman–Crippen MR) is 171 cm³/mol. The second-order valence-corrected chi connectivity index (χ2v) is 11.5. The SMILES string of the molecule is CCc1cc(CC(C)C)cc(C=Nc2cccc3cccc(N=Cc4cc(CC(C)C)cc(CC)c4O)c23)c1O. The Morgan fingerprint density at radius 2 is 1.07 bits per heavy atom. The van der Waals surface area contributed by atoms with Gasteiger partial charge in [-0.2, -0.15) is 0 Å². The summed E-state index contributed by atoms with van der Waals surface area (Å²) in [5.74, 6) is 1.63. The van der Waals surface area contributed by atoms with E-state index in [1.165, 1.54) is 11.1 Å². The van der Waals surface area contributed by atoms with Crippen LogP contribution in [0.5, 0.6) is 11.5 Å². The van der Waals surface area contributed by atoms with Gasteiger partial charge in [0.15, 0.2) is 0 Å². The zero-order valence-electron chi connectivity index (χ0n) is 24.7. The van der Waals surface area contributed by atoms with E-state index in [-0.39, 0.29) is 0 Å². The van der Waals surface area contributed by atoms with Crippen molar-refractivity contribution in [2.75, 3.05) is 0 Å². The lowest BCUT2D eigenvalue weighted by atomic mass is 9.96. The first-order valence-corrected chi connectivity index (χ1v) is 14.5. The molecule has 4 nitrogen and oxygen atoms in total. The van der Waals surface area contributed by atoms with Gasteiger partial charge >= 0.3 is 0 Å². The van der Waals surface area contributed by atoms with Crippen LogP contribution in [0.3, 0.4) is 0 Å². The molecule has 40 heavy (non-hydrogen) atoms. The second kappa shape index (κ2) is 13.0. The molecule has 0 atom stereocenters. The van der Waals surface area contributed by atoms with Crippen LogP contribution in [0, 0.1) is 11.8 Å². The third kappa shape index (κ3) is 6.80. The largest absolute Gasteiger partial charge is 0.507 e. The highest BCUT2D eigenvalue weighted by atomic mass is 16.3. The van der Waals surface area contributed by atoms with Crippen LogP contribution in [0.15, 0.2) is 70.6 Å². The number of fused-ring (bicyclic) bond motifs is 1. The number of hydrogen-bond donors (Lipinski definition) is 2. The Balaban J connectivity index is 1.77. The Bertz CT molecular complexity index is 1430. The van der Waals surface area contributed by atoms with Gasteiger partial charge in [-0.15, -0.1) is 0 Å². The number of aromatic hydroxyl groups is 2. The zero-order valence-corrected chi connectivity index (χ0v) is 24.7. The van der Waals surface area contributed by atoms with Gasteiger partial charge in [0, 0.05) is 28.9 Å². The van der Waals surface area contributed by atoms with Crippen LogP contribution in [-0.4, -0.2) is 22.6 Å². The van der Waals surface area contributed by atoms with E-state index in [4.69, 9.17) is 9.98 Å². The number of aryl methyl sites for hydroxylation is 2. The van der Waals surface area contributed by atoms with Gasteiger partial charge in [-0.25, -0.2) is 0 Å². The van der Waals surface area contributed by atoms with E-state index in [1.54, 1.807) is 12.4 Å². The average Bonchev–Trinajstić information content (AvgIpc) is 2.92. The molecule has 0 unspecified atom stereocenters. The molecule has 0 amide bonds. The maximum atomic E-state index is 10.9. The minimum atomic E-state index is 0.292. The molecule has 0 radical (unpaired) electrons. The molecule has 2 N–H and O–H groups in total. The van der Waals surface area contributed by atoms with Crippen LogP contribution in [0.4, 0.5) is 11.4 Å². The van der Waals surface area contributed by atoms with E-state index in [0.29, 0.717) is 23.3 Å². The number of phenolic OH excluding ortho intramolecular Hbond substituents is 2. The summed E-state index contributed by atoms with van der Waals surface area (Å²) in [4.78, 5) is 9.72. The lowest BCUT2D eigenvalue weighted by Gasteiger charge is -2.12. The van der Waals surface area contributed by atoms with Crippen LogP contribution < -0.4 is 0 Å². The number of aliphatic imine (C=N–C) groups is 2. The molecule has 4 aromatic rings. The van der Waals surface area contributed by atoms with Crippen LogP contribution in [-0.2, 0) is 25.7 Å². The predicted octanol–water partition coefficient (Wildman–Crippen LogP) is 9.27. The first-order valence-electron chi connectivity index (χ1n) is 14.5. The Morgan fingerprint density at radius 3 is 1.45 bits per heavy atom. The van der Waals surface area contributed by atoms with Crippen molar-refractivity contribution in [2.45, 2.75) is 67.2 Å². The van der Waals surface area contributed by atoms with E-state index in [2.05, 4.69) is 65.8 Å². The van der Waals surface area contributed by atoms with E-state index in [0.717, 1.165) is 70.1 Å². The van der Waals surface area contributed by atoms with E-state index >= 15 is 0 Å². The maximum absolute atomic E-state index is 10.9. The average molecular weight is 535 g/mol. The standard InChI is InChI=1S/C36H42N2O2/c1-7-27-17-25(15-23(3)4)19-30(35(27)39)21-37-32-13-9-11-29-12-10-14-33(34(29)32)38-22-31-20-26(16-24(5)6)18-28(8-2)36(31)40/h9-14,17-24,39-40H,7-8,15-16H2,1-6H3. The van der Waals surface area contributed by atoms with Crippen LogP contribution >= 0.6 is 0 Å². The summed E-state index contributed by atoms with van der Waals surface area (Å²) in [6, 6.07) is 20.3. The summed E-state index contributed by atoms with van der Waals surface area (Å²) >= 11 is 0. The van der Waals surface area contributed by atoms with Crippen molar-refractivity contribution in [2.24, 2.45) is 21.8 Å². The molecule has 0 aromatic heterocycles. The summed E-state index contributed by atoms with van der Waals surface area (Å²) in [7, 11) is 0. The number of benzene rings is 4. The minimum Gasteiger partial charge on any atom is -0.507 e. The smallest absolute Gasteiger partial charge is 0.127 e. The number of nitrogens with zero attached hydrogens (tertiary/aromatic N) is 2. The van der Waals surface area contributed by atoms with Crippen molar-refractivity contribution in [1.29, 1.82) is 0 Å². The van der Waals surface area contributed by atoms with Gasteiger partial charge < -0.3 is 10.2 Å². The first-order chi connectivity index (χ1) is 19.2. The molecule has 0 heterocycles. The second-order valence-electron chi connectivity index (χ2n) is 11.5. The lowest BCUT2D eigenvalue weighted by molar-refractivity contribution is 0.467. The number of hydrogen-bond acceptors (Lipinski definition) is 4. The monoisotopic (exact) mass is 534 g/mol. The molecule has 0 aliphatic rings. The molecule has 0 saturated heterocycles. The molecular formula is C36H42N2O2. The normalized spacial score (nSPS) is 12.1. The van der Waals surface area contributed by atoms with Crippen molar-refractivity contribution in [3.05, 3.63) is 94.0 Å². The van der Waals surface area contributed by atoms with Gasteiger partial charge in [0.25, 0.3) is 0 Å². The Kier molecular flexibility index (Phi) is 9.42. The molecule has 208 valence electrons. The zero-order chi connectivity index (χ0) is 28.8. The highest BCUT2D eigenvalue weighted by Gasteiger charge is 2.12. The van der Waals surface area contributed by atoms with Gasteiger partial charge in [-0.3, -0.25) is 9.98 Å². The topological polar surface area (TPSA) is 65.2 Å². The van der Waals surface area contributed by atoms with Gasteiger partial charge in [-0.1, -0.05) is 77.9 Å². The minimum absolute atomic E-state index is 0.292. The van der Waals surface area contributed by atoms with Crippen molar-refractivity contribution < 1.29 is 10.2 Å². The summed E-state index contributed by atoms with van der Waals surface area (Å²) < 4.78 is 0. The molecule has 0 aliphatic carbocycles. The Labute approximate surface area is 239 Å². The van der Waals surface area contributed by atoms with Gasteiger partial charge in [0.2, 0.25) is 0 Å². The fraction of sp³-hybridized carbons (Fsp3) is 0.333. The molecule has 0 bridgehead atoms. The van der Waals surface area contributed by atoms with Crippen LogP contribution in [0.25, 0.3) is 10.8 Å². The van der Waals surface area contributed by atoms with Gasteiger partial charge in [-0.05, 0) is 89.4 Å². The summed E-state index contributed by atoms with van der Waals surface area (Å²) in [5.41, 5.74) is 7.31. The van der Waals surface area contributed by atoms with Gasteiger partial charge in [0.05, 0.1) is 11.4 Å². The van der Waals surface area contributed by atoms with Crippen LogP contribution in [0.2, 0.25) is 0 Å². The Hall–Kier alpha value is -3.92. The van der Waals surface area contributed by atoms with Crippen molar-refractivity contribution in [3.63, 3.8) is 0 Å². The molecule has 0 fully saturated rings. The van der Waals surface area contributed by atoms with E-state index in [9.17, 15) is 10.2 Å². The lowest BCUT2D eigenvalue weighted by Crippen LogP contribution is -1.98. The van der Waals surface area contributed by atoms with E-state index < -0.39 is 0 Å². The molecule has 0 saturated carbocycles. The molecule has 4 rings (SSSR count). The maximum Gasteiger partial charge on any atom is 0.127 e. The molecular weight excluding hydrogens is 492 g/mol. The first kappa shape index (κ1) is 29.1. The highest BCUT2D eigenvalue weighted by molar-refractivity contribution is 6.04. The van der Waals surface area contributed by atoms with Crippen LogP contribution in [0.1, 0.15) is 74.9 Å². The van der Waals surface area contributed by atoms with Crippen molar-refractivity contribution >= 4 is 34.6 Å².